The second-order valence-electron chi connectivity index (χ2n) is 7.87. The molecule has 0 bridgehead atoms. The molecule has 0 aromatic heterocycles. The SMILES string of the molecule is Cc1ccc([P@@](=O)(NCc2ccccc2)OC2c3ccccc3-c3ccccc32)cc1. The van der Waals surface area contributed by atoms with Gasteiger partial charge in [0.1, 0.15) is 6.10 Å². The predicted octanol–water partition coefficient (Wildman–Crippen LogP) is 6.39. The average molecular weight is 425 g/mol. The van der Waals surface area contributed by atoms with Gasteiger partial charge in [-0.05, 0) is 46.9 Å². The highest BCUT2D eigenvalue weighted by atomic mass is 31.2. The highest BCUT2D eigenvalue weighted by molar-refractivity contribution is 7.65. The zero-order valence-corrected chi connectivity index (χ0v) is 18.3. The largest absolute Gasteiger partial charge is 0.301 e. The third-order valence-electron chi connectivity index (χ3n) is 5.74. The lowest BCUT2D eigenvalue weighted by Gasteiger charge is -2.25. The molecule has 0 amide bonds. The first kappa shape index (κ1) is 20.0. The summed E-state index contributed by atoms with van der Waals surface area (Å²) in [5.41, 5.74) is 6.57. The van der Waals surface area contributed by atoms with Crippen LogP contribution in [-0.4, -0.2) is 0 Å². The molecule has 1 atom stereocenters. The quantitative estimate of drug-likeness (QED) is 0.364. The number of nitrogens with one attached hydrogen (secondary N) is 1. The fraction of sp³-hybridized carbons (Fsp3) is 0.111. The Morgan fingerprint density at radius 3 is 1.90 bits per heavy atom. The second-order valence-corrected chi connectivity index (χ2v) is 10.0. The summed E-state index contributed by atoms with van der Waals surface area (Å²) < 4.78 is 20.9. The van der Waals surface area contributed by atoms with Gasteiger partial charge in [0.15, 0.2) is 0 Å². The van der Waals surface area contributed by atoms with Crippen LogP contribution in [0.4, 0.5) is 0 Å². The van der Waals surface area contributed by atoms with Crippen LogP contribution in [0, 0.1) is 6.92 Å². The van der Waals surface area contributed by atoms with E-state index in [0.717, 1.165) is 33.4 Å². The van der Waals surface area contributed by atoms with Crippen molar-refractivity contribution in [3.05, 3.63) is 125 Å². The van der Waals surface area contributed by atoms with Crippen molar-refractivity contribution in [2.45, 2.75) is 19.6 Å². The maximum Gasteiger partial charge on any atom is 0.300 e. The van der Waals surface area contributed by atoms with Gasteiger partial charge in [0.25, 0.3) is 0 Å². The maximum atomic E-state index is 14.3. The van der Waals surface area contributed by atoms with Crippen LogP contribution < -0.4 is 10.4 Å². The molecule has 4 heteroatoms. The molecule has 4 aromatic carbocycles. The van der Waals surface area contributed by atoms with Crippen molar-refractivity contribution in [1.82, 2.24) is 5.09 Å². The second kappa shape index (κ2) is 8.28. The van der Waals surface area contributed by atoms with Gasteiger partial charge in [-0.15, -0.1) is 0 Å². The Morgan fingerprint density at radius 1 is 0.742 bits per heavy atom. The molecule has 31 heavy (non-hydrogen) atoms. The van der Waals surface area contributed by atoms with E-state index in [-0.39, 0.29) is 6.10 Å². The van der Waals surface area contributed by atoms with Crippen LogP contribution in [0.2, 0.25) is 0 Å². The van der Waals surface area contributed by atoms with Crippen LogP contribution in [-0.2, 0) is 15.6 Å². The Bertz CT molecular complexity index is 1210. The van der Waals surface area contributed by atoms with E-state index in [4.69, 9.17) is 4.52 Å². The van der Waals surface area contributed by atoms with Crippen molar-refractivity contribution in [3.8, 4) is 11.1 Å². The standard InChI is InChI=1S/C27H24NO2P/c1-20-15-17-22(18-16-20)31(29,28-19-21-9-3-2-4-10-21)30-27-25-13-7-5-11-23(25)24-12-6-8-14-26(24)27/h2-18,27H,19H2,1H3,(H,28,29)/t31-/m0/s1. The van der Waals surface area contributed by atoms with E-state index in [2.05, 4.69) is 29.4 Å². The first-order chi connectivity index (χ1) is 15.1. The average Bonchev–Trinajstić information content (AvgIpc) is 3.13. The Kier molecular flexibility index (Phi) is 5.33. The van der Waals surface area contributed by atoms with Gasteiger partial charge in [-0.25, -0.2) is 5.09 Å². The molecule has 0 spiro atoms. The fourth-order valence-electron chi connectivity index (χ4n) is 4.09. The van der Waals surface area contributed by atoms with Crippen LogP contribution in [0.1, 0.15) is 28.4 Å². The molecule has 0 radical (unpaired) electrons. The minimum absolute atomic E-state index is 0.386. The van der Waals surface area contributed by atoms with Crippen LogP contribution in [0.5, 0.6) is 0 Å². The van der Waals surface area contributed by atoms with E-state index < -0.39 is 7.52 Å². The molecular weight excluding hydrogens is 401 g/mol. The van der Waals surface area contributed by atoms with Gasteiger partial charge in [-0.1, -0.05) is 96.6 Å². The lowest BCUT2D eigenvalue weighted by molar-refractivity contribution is 0.252. The van der Waals surface area contributed by atoms with Gasteiger partial charge in [-0.2, -0.15) is 0 Å². The molecule has 0 unspecified atom stereocenters. The number of benzene rings is 4. The summed E-state index contributed by atoms with van der Waals surface area (Å²) in [7, 11) is -3.37. The molecule has 0 saturated carbocycles. The molecule has 0 saturated heterocycles. The van der Waals surface area contributed by atoms with Crippen LogP contribution in [0.15, 0.2) is 103 Å². The summed E-state index contributed by atoms with van der Waals surface area (Å²) in [5, 5.41) is 3.95. The van der Waals surface area contributed by atoms with E-state index >= 15 is 0 Å². The van der Waals surface area contributed by atoms with E-state index in [9.17, 15) is 4.57 Å². The minimum Gasteiger partial charge on any atom is -0.301 e. The number of fused-ring (bicyclic) bond motifs is 3. The van der Waals surface area contributed by atoms with Gasteiger partial charge in [0.2, 0.25) is 0 Å². The molecule has 4 aromatic rings. The van der Waals surface area contributed by atoms with Gasteiger partial charge in [0, 0.05) is 6.54 Å². The zero-order chi connectivity index (χ0) is 21.3. The van der Waals surface area contributed by atoms with Crippen LogP contribution >= 0.6 is 7.52 Å². The highest BCUT2D eigenvalue weighted by Gasteiger charge is 2.36. The summed E-state index contributed by atoms with van der Waals surface area (Å²) in [6.07, 6.45) is -0.386. The topological polar surface area (TPSA) is 38.3 Å². The molecular formula is C27H24NO2P. The van der Waals surface area contributed by atoms with Gasteiger partial charge in [-0.3, -0.25) is 4.57 Å². The van der Waals surface area contributed by atoms with E-state index in [0.29, 0.717) is 11.8 Å². The van der Waals surface area contributed by atoms with Crippen molar-refractivity contribution < 1.29 is 9.09 Å². The summed E-state index contributed by atoms with van der Waals surface area (Å²) in [6.45, 7) is 2.48. The number of aryl methyl sites for hydroxylation is 1. The van der Waals surface area contributed by atoms with Gasteiger partial charge >= 0.3 is 7.52 Å². The zero-order valence-electron chi connectivity index (χ0n) is 17.4. The number of hydrogen-bond acceptors (Lipinski definition) is 2. The number of rotatable bonds is 6. The first-order valence-corrected chi connectivity index (χ1v) is 12.1. The summed E-state index contributed by atoms with van der Waals surface area (Å²) in [5.74, 6) is 0. The molecule has 1 N–H and O–H groups in total. The van der Waals surface area contributed by atoms with Crippen molar-refractivity contribution in [3.63, 3.8) is 0 Å². The van der Waals surface area contributed by atoms with Gasteiger partial charge < -0.3 is 4.52 Å². The van der Waals surface area contributed by atoms with Gasteiger partial charge in [0.05, 0.1) is 5.30 Å². The van der Waals surface area contributed by atoms with Crippen LogP contribution in [0.3, 0.4) is 0 Å². The maximum absolute atomic E-state index is 14.3. The van der Waals surface area contributed by atoms with Crippen molar-refractivity contribution >= 4 is 12.8 Å². The van der Waals surface area contributed by atoms with E-state index in [1.807, 2.05) is 85.8 Å². The molecule has 1 aliphatic carbocycles. The van der Waals surface area contributed by atoms with E-state index in [1.165, 1.54) is 0 Å². The smallest absolute Gasteiger partial charge is 0.300 e. The third kappa shape index (κ3) is 3.88. The Morgan fingerprint density at radius 2 is 1.29 bits per heavy atom. The Labute approximate surface area is 183 Å². The summed E-state index contributed by atoms with van der Waals surface area (Å²) in [6, 6.07) is 34.2. The van der Waals surface area contributed by atoms with Crippen molar-refractivity contribution in [2.75, 3.05) is 0 Å². The van der Waals surface area contributed by atoms with Crippen LogP contribution in [0.25, 0.3) is 11.1 Å². The predicted molar refractivity (Wildman–Crippen MR) is 127 cm³/mol. The molecule has 0 heterocycles. The normalized spacial score (nSPS) is 14.6. The fourth-order valence-corrected chi connectivity index (χ4v) is 5.93. The molecule has 154 valence electrons. The minimum atomic E-state index is -3.37. The first-order valence-electron chi connectivity index (χ1n) is 10.5. The summed E-state index contributed by atoms with van der Waals surface area (Å²) >= 11 is 0. The van der Waals surface area contributed by atoms with E-state index in [1.54, 1.807) is 0 Å². The lowest BCUT2D eigenvalue weighted by Crippen LogP contribution is -2.23. The Hall–Kier alpha value is -2.97. The monoisotopic (exact) mass is 425 g/mol. The summed E-state index contributed by atoms with van der Waals surface area (Å²) in [4.78, 5) is 0. The number of hydrogen-bond donors (Lipinski definition) is 1. The highest BCUT2D eigenvalue weighted by Crippen LogP contribution is 2.54. The molecule has 3 nitrogen and oxygen atoms in total. The lowest BCUT2D eigenvalue weighted by atomic mass is 10.1. The Balaban J connectivity index is 1.54. The molecule has 0 aliphatic heterocycles. The van der Waals surface area contributed by atoms with Crippen molar-refractivity contribution in [1.29, 1.82) is 0 Å². The molecule has 5 rings (SSSR count). The van der Waals surface area contributed by atoms with Crippen molar-refractivity contribution in [2.24, 2.45) is 0 Å². The third-order valence-corrected chi connectivity index (χ3v) is 7.80. The molecule has 1 aliphatic rings. The molecule has 0 fully saturated rings.